The number of hydrogen-bond donors (Lipinski definition) is 1. The minimum Gasteiger partial charge on any atom is -0.391 e. The van der Waals surface area contributed by atoms with Gasteiger partial charge in [0.1, 0.15) is 0 Å². The summed E-state index contributed by atoms with van der Waals surface area (Å²) in [5, 5.41) is 0.655. The maximum Gasteiger partial charge on any atom is 0.252 e. The zero-order valence-corrected chi connectivity index (χ0v) is 7.96. The highest BCUT2D eigenvalue weighted by Crippen LogP contribution is 2.36. The molecule has 1 aromatic heterocycles. The fourth-order valence-corrected chi connectivity index (χ4v) is 2.77. The molecule has 0 aromatic carbocycles. The van der Waals surface area contributed by atoms with Gasteiger partial charge in [-0.3, -0.25) is 0 Å². The summed E-state index contributed by atoms with van der Waals surface area (Å²) in [6.07, 6.45) is 1.20. The van der Waals surface area contributed by atoms with E-state index in [1.807, 2.05) is 6.07 Å². The minimum absolute atomic E-state index is 0.00824. The van der Waals surface area contributed by atoms with E-state index in [1.54, 1.807) is 0 Å². The first-order chi connectivity index (χ1) is 6.07. The van der Waals surface area contributed by atoms with Crippen molar-refractivity contribution >= 4 is 16.3 Å². The maximum atomic E-state index is 13.1. The van der Waals surface area contributed by atoms with Gasteiger partial charge >= 0.3 is 0 Å². The standard InChI is InChI=1S/C9H11F2NS/c10-9(11)3-1-2-6-4-8(12)13-7(6)5-9/h4H,1-3,5,12H2. The summed E-state index contributed by atoms with van der Waals surface area (Å²) in [7, 11) is 0. The number of nitrogens with two attached hydrogens (primary N) is 1. The third-order valence-corrected chi connectivity index (χ3v) is 3.33. The van der Waals surface area contributed by atoms with Crippen molar-refractivity contribution in [2.24, 2.45) is 0 Å². The van der Waals surface area contributed by atoms with E-state index < -0.39 is 5.92 Å². The van der Waals surface area contributed by atoms with Crippen molar-refractivity contribution < 1.29 is 8.78 Å². The minimum atomic E-state index is -2.53. The molecule has 13 heavy (non-hydrogen) atoms. The van der Waals surface area contributed by atoms with E-state index >= 15 is 0 Å². The van der Waals surface area contributed by atoms with Crippen LogP contribution >= 0.6 is 11.3 Å². The highest BCUT2D eigenvalue weighted by molar-refractivity contribution is 7.16. The molecule has 72 valence electrons. The van der Waals surface area contributed by atoms with Crippen LogP contribution in [0.4, 0.5) is 13.8 Å². The van der Waals surface area contributed by atoms with Gasteiger partial charge in [-0.25, -0.2) is 8.78 Å². The average Bonchev–Trinajstić information content (AvgIpc) is 2.23. The van der Waals surface area contributed by atoms with Crippen molar-refractivity contribution in [2.45, 2.75) is 31.6 Å². The molecule has 0 unspecified atom stereocenters. The van der Waals surface area contributed by atoms with E-state index in [4.69, 9.17) is 5.73 Å². The summed E-state index contributed by atoms with van der Waals surface area (Å²) in [6, 6.07) is 1.83. The zero-order valence-electron chi connectivity index (χ0n) is 7.15. The fraction of sp³-hybridized carbons (Fsp3) is 0.556. The summed E-state index contributed by atoms with van der Waals surface area (Å²) in [4.78, 5) is 0.778. The number of thiophene rings is 1. The third kappa shape index (κ3) is 1.82. The zero-order chi connectivity index (χ0) is 9.47. The van der Waals surface area contributed by atoms with Crippen LogP contribution in [0.5, 0.6) is 0 Å². The predicted molar refractivity (Wildman–Crippen MR) is 50.3 cm³/mol. The van der Waals surface area contributed by atoms with Gasteiger partial charge in [0.2, 0.25) is 0 Å². The smallest absolute Gasteiger partial charge is 0.252 e. The van der Waals surface area contributed by atoms with E-state index in [2.05, 4.69) is 0 Å². The van der Waals surface area contributed by atoms with Gasteiger partial charge in [-0.15, -0.1) is 11.3 Å². The molecule has 0 radical (unpaired) electrons. The van der Waals surface area contributed by atoms with Crippen LogP contribution in [-0.2, 0) is 12.8 Å². The van der Waals surface area contributed by atoms with Crippen LogP contribution in [0, 0.1) is 0 Å². The monoisotopic (exact) mass is 203 g/mol. The molecular weight excluding hydrogens is 192 g/mol. The quantitative estimate of drug-likeness (QED) is 0.645. The van der Waals surface area contributed by atoms with E-state index in [0.717, 1.165) is 16.9 Å². The van der Waals surface area contributed by atoms with Crippen LogP contribution < -0.4 is 5.73 Å². The number of fused-ring (bicyclic) bond motifs is 1. The second-order valence-corrected chi connectivity index (χ2v) is 4.65. The molecule has 0 fully saturated rings. The van der Waals surface area contributed by atoms with Crippen LogP contribution in [0.25, 0.3) is 0 Å². The van der Waals surface area contributed by atoms with E-state index in [9.17, 15) is 8.78 Å². The summed E-state index contributed by atoms with van der Waals surface area (Å²) in [5.74, 6) is -2.53. The molecule has 1 aliphatic rings. The largest absolute Gasteiger partial charge is 0.391 e. The Bertz CT molecular complexity index is 319. The molecule has 0 saturated heterocycles. The molecule has 0 bridgehead atoms. The Morgan fingerprint density at radius 1 is 1.46 bits per heavy atom. The fourth-order valence-electron chi connectivity index (χ4n) is 1.71. The SMILES string of the molecule is Nc1cc2c(s1)CC(F)(F)CCC2. The molecule has 1 nitrogen and oxygen atoms in total. The number of halogens is 2. The molecule has 0 atom stereocenters. The van der Waals surface area contributed by atoms with Crippen LogP contribution in [0.15, 0.2) is 6.07 Å². The number of nitrogen functional groups attached to an aromatic ring is 1. The van der Waals surface area contributed by atoms with Gasteiger partial charge in [-0.2, -0.15) is 0 Å². The van der Waals surface area contributed by atoms with Crippen molar-refractivity contribution in [2.75, 3.05) is 5.73 Å². The lowest BCUT2D eigenvalue weighted by Crippen LogP contribution is -2.17. The molecular formula is C9H11F2NS. The molecule has 0 saturated carbocycles. The number of rotatable bonds is 0. The maximum absolute atomic E-state index is 13.1. The van der Waals surface area contributed by atoms with Gasteiger partial charge < -0.3 is 5.73 Å². The summed E-state index contributed by atoms with van der Waals surface area (Å²) in [5.41, 5.74) is 6.60. The van der Waals surface area contributed by atoms with Gasteiger partial charge in [0.15, 0.2) is 0 Å². The Hall–Kier alpha value is -0.640. The summed E-state index contributed by atoms with van der Waals surface area (Å²) >= 11 is 1.30. The van der Waals surface area contributed by atoms with Crippen LogP contribution in [0.3, 0.4) is 0 Å². The lowest BCUT2D eigenvalue weighted by molar-refractivity contribution is -0.00578. The van der Waals surface area contributed by atoms with E-state index in [-0.39, 0.29) is 12.8 Å². The topological polar surface area (TPSA) is 26.0 Å². The number of aryl methyl sites for hydroxylation is 1. The van der Waals surface area contributed by atoms with E-state index in [1.165, 1.54) is 11.3 Å². The Balaban J connectivity index is 2.33. The third-order valence-electron chi connectivity index (χ3n) is 2.32. The van der Waals surface area contributed by atoms with Gasteiger partial charge in [0.05, 0.1) is 5.00 Å². The first kappa shape index (κ1) is 8.94. The molecule has 0 spiro atoms. The second-order valence-electron chi connectivity index (χ2n) is 3.48. The van der Waals surface area contributed by atoms with Crippen molar-refractivity contribution in [1.82, 2.24) is 0 Å². The lowest BCUT2D eigenvalue weighted by Gasteiger charge is -2.11. The first-order valence-corrected chi connectivity index (χ1v) is 5.13. The molecule has 2 N–H and O–H groups in total. The van der Waals surface area contributed by atoms with Crippen molar-refractivity contribution in [3.63, 3.8) is 0 Å². The predicted octanol–water partition coefficient (Wildman–Crippen LogP) is 2.84. The van der Waals surface area contributed by atoms with Crippen LogP contribution in [0.2, 0.25) is 0 Å². The lowest BCUT2D eigenvalue weighted by atomic mass is 10.1. The summed E-state index contributed by atoms with van der Waals surface area (Å²) < 4.78 is 26.2. The van der Waals surface area contributed by atoms with Crippen molar-refractivity contribution in [3.8, 4) is 0 Å². The van der Waals surface area contributed by atoms with Crippen LogP contribution in [0.1, 0.15) is 23.3 Å². The number of alkyl halides is 2. The molecule has 0 amide bonds. The second kappa shape index (κ2) is 2.94. The molecule has 1 aromatic rings. The van der Waals surface area contributed by atoms with E-state index in [0.29, 0.717) is 11.4 Å². The Kier molecular flexibility index (Phi) is 2.02. The Labute approximate surface area is 79.6 Å². The van der Waals surface area contributed by atoms with Gasteiger partial charge in [0.25, 0.3) is 5.92 Å². The first-order valence-electron chi connectivity index (χ1n) is 4.32. The average molecular weight is 203 g/mol. The van der Waals surface area contributed by atoms with Crippen LogP contribution in [-0.4, -0.2) is 5.92 Å². The highest BCUT2D eigenvalue weighted by Gasteiger charge is 2.32. The van der Waals surface area contributed by atoms with Gasteiger partial charge in [0, 0.05) is 17.7 Å². The molecule has 0 aliphatic heterocycles. The Morgan fingerprint density at radius 2 is 2.23 bits per heavy atom. The Morgan fingerprint density at radius 3 is 3.00 bits per heavy atom. The highest BCUT2D eigenvalue weighted by atomic mass is 32.1. The number of anilines is 1. The molecule has 1 aliphatic carbocycles. The summed E-state index contributed by atoms with van der Waals surface area (Å²) in [6.45, 7) is 0. The molecule has 2 rings (SSSR count). The number of hydrogen-bond acceptors (Lipinski definition) is 2. The van der Waals surface area contributed by atoms with Crippen molar-refractivity contribution in [3.05, 3.63) is 16.5 Å². The van der Waals surface area contributed by atoms with Gasteiger partial charge in [-0.05, 0) is 24.5 Å². The van der Waals surface area contributed by atoms with Gasteiger partial charge in [-0.1, -0.05) is 0 Å². The van der Waals surface area contributed by atoms with Crippen molar-refractivity contribution in [1.29, 1.82) is 0 Å². The normalized spacial score (nSPS) is 20.8. The molecule has 1 heterocycles. The molecule has 4 heteroatoms.